The zero-order valence-electron chi connectivity index (χ0n) is 13.8. The summed E-state index contributed by atoms with van der Waals surface area (Å²) in [5.41, 5.74) is 1.15. The molecule has 0 heterocycles. The van der Waals surface area contributed by atoms with Gasteiger partial charge in [0.25, 0.3) is 0 Å². The predicted molar refractivity (Wildman–Crippen MR) is 93.9 cm³/mol. The average Bonchev–Trinajstić information content (AvgIpc) is 2.56. The monoisotopic (exact) mass is 314 g/mol. The van der Waals surface area contributed by atoms with Crippen LogP contribution in [0.1, 0.15) is 73.9 Å². The molecule has 0 bridgehead atoms. The van der Waals surface area contributed by atoms with E-state index in [0.717, 1.165) is 35.6 Å². The van der Waals surface area contributed by atoms with Gasteiger partial charge in [0.2, 0.25) is 0 Å². The van der Waals surface area contributed by atoms with Gasteiger partial charge in [0, 0.05) is 0 Å². The number of carboxylic acid groups (broad SMARTS) is 1. The first-order valence-corrected chi connectivity index (χ1v) is 8.57. The first kappa shape index (κ1) is 17.5. The number of carbonyl (C=O) groups is 1. The summed E-state index contributed by atoms with van der Waals surface area (Å²) < 4.78 is 0. The topological polar surface area (TPSA) is 57.5 Å². The second-order valence-corrected chi connectivity index (χ2v) is 6.20. The Balaban J connectivity index is 1.97. The zero-order chi connectivity index (χ0) is 16.7. The van der Waals surface area contributed by atoms with Crippen LogP contribution in [0, 0.1) is 0 Å². The number of benzene rings is 2. The van der Waals surface area contributed by atoms with Crippen molar-refractivity contribution in [1.82, 2.24) is 0 Å². The lowest BCUT2D eigenvalue weighted by atomic mass is 9.98. The molecule has 1 atom stereocenters. The van der Waals surface area contributed by atoms with Crippen molar-refractivity contribution < 1.29 is 15.0 Å². The van der Waals surface area contributed by atoms with Gasteiger partial charge in [0.05, 0.1) is 11.7 Å². The first-order chi connectivity index (χ1) is 11.1. The smallest absolute Gasteiger partial charge is 0.335 e. The van der Waals surface area contributed by atoms with Crippen molar-refractivity contribution in [2.45, 2.75) is 58.0 Å². The van der Waals surface area contributed by atoms with Crippen LogP contribution >= 0.6 is 0 Å². The number of aliphatic hydroxyl groups is 1. The van der Waals surface area contributed by atoms with Crippen LogP contribution in [0.4, 0.5) is 0 Å². The van der Waals surface area contributed by atoms with Crippen LogP contribution in [0.25, 0.3) is 10.8 Å². The van der Waals surface area contributed by atoms with Gasteiger partial charge >= 0.3 is 5.97 Å². The van der Waals surface area contributed by atoms with E-state index in [9.17, 15) is 9.90 Å². The first-order valence-electron chi connectivity index (χ1n) is 8.57. The predicted octanol–water partition coefficient (Wildman–Crippen LogP) is 5.32. The third-order valence-corrected chi connectivity index (χ3v) is 4.33. The molecule has 0 saturated carbocycles. The van der Waals surface area contributed by atoms with E-state index in [1.54, 1.807) is 12.1 Å². The van der Waals surface area contributed by atoms with Gasteiger partial charge in [-0.1, -0.05) is 63.6 Å². The van der Waals surface area contributed by atoms with E-state index < -0.39 is 12.1 Å². The molecule has 124 valence electrons. The summed E-state index contributed by atoms with van der Waals surface area (Å²) in [5.74, 6) is -0.926. The molecule has 0 radical (unpaired) electrons. The Hall–Kier alpha value is -1.87. The highest BCUT2D eigenvalue weighted by molar-refractivity contribution is 5.94. The Labute approximate surface area is 138 Å². The van der Waals surface area contributed by atoms with Gasteiger partial charge < -0.3 is 10.2 Å². The molecule has 3 heteroatoms. The summed E-state index contributed by atoms with van der Waals surface area (Å²) in [7, 11) is 0. The van der Waals surface area contributed by atoms with Gasteiger partial charge in [-0.2, -0.15) is 0 Å². The second-order valence-electron chi connectivity index (χ2n) is 6.20. The summed E-state index contributed by atoms with van der Waals surface area (Å²) >= 11 is 0. The fourth-order valence-corrected chi connectivity index (χ4v) is 2.89. The standard InChI is InChI=1S/C20H26O3/c1-2-3-4-5-6-7-8-19(21)16-11-9-15-10-12-17(20(22)23)14-18(15)13-16/h9-14,19,21H,2-8H2,1H3,(H,22,23). The SMILES string of the molecule is CCCCCCCCC(O)c1ccc2ccc(C(=O)O)cc2c1. The van der Waals surface area contributed by atoms with Crippen molar-refractivity contribution in [3.05, 3.63) is 47.5 Å². The van der Waals surface area contributed by atoms with Crippen LogP contribution in [0.5, 0.6) is 0 Å². The number of carboxylic acids is 1. The Morgan fingerprint density at radius 2 is 1.65 bits per heavy atom. The summed E-state index contributed by atoms with van der Waals surface area (Å²) in [6.45, 7) is 2.21. The average molecular weight is 314 g/mol. The summed E-state index contributed by atoms with van der Waals surface area (Å²) in [4.78, 5) is 11.1. The maximum atomic E-state index is 11.1. The van der Waals surface area contributed by atoms with Crippen LogP contribution in [-0.4, -0.2) is 16.2 Å². The maximum absolute atomic E-state index is 11.1. The lowest BCUT2D eigenvalue weighted by molar-refractivity contribution is 0.0697. The van der Waals surface area contributed by atoms with E-state index in [2.05, 4.69) is 6.92 Å². The Morgan fingerprint density at radius 1 is 0.957 bits per heavy atom. The van der Waals surface area contributed by atoms with Gasteiger partial charge in [0.1, 0.15) is 0 Å². The number of unbranched alkanes of at least 4 members (excludes halogenated alkanes) is 5. The van der Waals surface area contributed by atoms with E-state index in [-0.39, 0.29) is 5.56 Å². The maximum Gasteiger partial charge on any atom is 0.335 e. The number of rotatable bonds is 9. The van der Waals surface area contributed by atoms with E-state index in [1.165, 1.54) is 25.7 Å². The normalized spacial score (nSPS) is 12.4. The number of fused-ring (bicyclic) bond motifs is 1. The van der Waals surface area contributed by atoms with Crippen molar-refractivity contribution >= 4 is 16.7 Å². The second kappa shape index (κ2) is 8.68. The highest BCUT2D eigenvalue weighted by Gasteiger charge is 2.09. The molecule has 2 rings (SSSR count). The van der Waals surface area contributed by atoms with E-state index >= 15 is 0 Å². The lowest BCUT2D eigenvalue weighted by Gasteiger charge is -2.12. The quantitative estimate of drug-likeness (QED) is 0.616. The number of aliphatic hydroxyl groups excluding tert-OH is 1. The van der Waals surface area contributed by atoms with Crippen LogP contribution < -0.4 is 0 Å². The molecule has 2 aromatic carbocycles. The van der Waals surface area contributed by atoms with Crippen LogP contribution in [-0.2, 0) is 0 Å². The van der Waals surface area contributed by atoms with E-state index in [0.29, 0.717) is 0 Å². The minimum absolute atomic E-state index is 0.278. The van der Waals surface area contributed by atoms with Crippen molar-refractivity contribution in [1.29, 1.82) is 0 Å². The van der Waals surface area contributed by atoms with Crippen molar-refractivity contribution in [3.8, 4) is 0 Å². The Bertz CT molecular complexity index is 648. The molecular weight excluding hydrogens is 288 g/mol. The van der Waals surface area contributed by atoms with E-state index in [1.807, 2.05) is 24.3 Å². The lowest BCUT2D eigenvalue weighted by Crippen LogP contribution is -1.99. The number of aromatic carboxylic acids is 1. The minimum atomic E-state index is -0.926. The number of hydrogen-bond acceptors (Lipinski definition) is 2. The molecule has 0 aliphatic rings. The molecule has 3 nitrogen and oxygen atoms in total. The molecule has 2 aromatic rings. The minimum Gasteiger partial charge on any atom is -0.478 e. The molecule has 0 spiro atoms. The molecule has 0 aliphatic carbocycles. The fourth-order valence-electron chi connectivity index (χ4n) is 2.89. The van der Waals surface area contributed by atoms with Crippen molar-refractivity contribution in [2.24, 2.45) is 0 Å². The summed E-state index contributed by atoms with van der Waals surface area (Å²) in [6, 6.07) is 10.9. The van der Waals surface area contributed by atoms with Gasteiger partial charge in [0.15, 0.2) is 0 Å². The molecule has 0 saturated heterocycles. The van der Waals surface area contributed by atoms with Crippen LogP contribution in [0.15, 0.2) is 36.4 Å². The van der Waals surface area contributed by atoms with Crippen molar-refractivity contribution in [2.75, 3.05) is 0 Å². The molecule has 0 fully saturated rings. The largest absolute Gasteiger partial charge is 0.478 e. The zero-order valence-corrected chi connectivity index (χ0v) is 13.8. The molecule has 0 amide bonds. The van der Waals surface area contributed by atoms with E-state index in [4.69, 9.17) is 5.11 Å². The van der Waals surface area contributed by atoms with Gasteiger partial charge in [-0.3, -0.25) is 0 Å². The van der Waals surface area contributed by atoms with Gasteiger partial charge in [-0.25, -0.2) is 4.79 Å². The third kappa shape index (κ3) is 5.07. The van der Waals surface area contributed by atoms with Crippen LogP contribution in [0.2, 0.25) is 0 Å². The number of hydrogen-bond donors (Lipinski definition) is 2. The summed E-state index contributed by atoms with van der Waals surface area (Å²) in [5, 5.41) is 21.3. The molecule has 0 aliphatic heterocycles. The molecular formula is C20H26O3. The fraction of sp³-hybridized carbons (Fsp3) is 0.450. The van der Waals surface area contributed by atoms with Gasteiger partial charge in [-0.15, -0.1) is 0 Å². The highest BCUT2D eigenvalue weighted by Crippen LogP contribution is 2.25. The van der Waals surface area contributed by atoms with Crippen molar-refractivity contribution in [3.63, 3.8) is 0 Å². The Kier molecular flexibility index (Phi) is 6.60. The molecule has 2 N–H and O–H groups in total. The Morgan fingerprint density at radius 3 is 2.39 bits per heavy atom. The molecule has 0 aromatic heterocycles. The molecule has 1 unspecified atom stereocenters. The molecule has 23 heavy (non-hydrogen) atoms. The van der Waals surface area contributed by atoms with Crippen LogP contribution in [0.3, 0.4) is 0 Å². The summed E-state index contributed by atoms with van der Waals surface area (Å²) in [6.07, 6.45) is 7.53. The highest BCUT2D eigenvalue weighted by atomic mass is 16.4. The van der Waals surface area contributed by atoms with Gasteiger partial charge in [-0.05, 0) is 41.0 Å². The third-order valence-electron chi connectivity index (χ3n) is 4.33.